The van der Waals surface area contributed by atoms with Crippen LogP contribution in [0.25, 0.3) is 0 Å². The van der Waals surface area contributed by atoms with Crippen LogP contribution in [0.1, 0.15) is 15.9 Å². The van der Waals surface area contributed by atoms with Crippen LogP contribution < -0.4 is 5.32 Å². The molecule has 0 aliphatic rings. The van der Waals surface area contributed by atoms with Crippen molar-refractivity contribution in [1.82, 2.24) is 9.88 Å². The SMILES string of the molecule is CN(CC(=O)Nc1ccccc1C(F)(F)F)C(=O)c1ccncc1. The Bertz CT molecular complexity index is 733. The summed E-state index contributed by atoms with van der Waals surface area (Å²) in [6.45, 7) is -0.382. The number of carbonyl (C=O) groups is 2. The summed E-state index contributed by atoms with van der Waals surface area (Å²) >= 11 is 0. The van der Waals surface area contributed by atoms with E-state index >= 15 is 0 Å². The molecule has 2 amide bonds. The van der Waals surface area contributed by atoms with Gasteiger partial charge in [0, 0.05) is 25.0 Å². The van der Waals surface area contributed by atoms with Gasteiger partial charge in [0.1, 0.15) is 0 Å². The molecular formula is C16H14F3N3O2. The number of pyridine rings is 1. The third kappa shape index (κ3) is 4.31. The summed E-state index contributed by atoms with van der Waals surface area (Å²) in [6.07, 6.45) is -1.72. The highest BCUT2D eigenvalue weighted by Crippen LogP contribution is 2.34. The molecule has 1 aromatic heterocycles. The number of anilines is 1. The van der Waals surface area contributed by atoms with Crippen LogP contribution in [-0.4, -0.2) is 35.3 Å². The molecule has 0 fully saturated rings. The minimum Gasteiger partial charge on any atom is -0.332 e. The number of alkyl halides is 3. The second-order valence-electron chi connectivity index (χ2n) is 4.99. The zero-order chi connectivity index (χ0) is 17.7. The lowest BCUT2D eigenvalue weighted by Crippen LogP contribution is -2.35. The van der Waals surface area contributed by atoms with Crippen LogP contribution in [0.3, 0.4) is 0 Å². The summed E-state index contributed by atoms with van der Waals surface area (Å²) in [5, 5.41) is 2.19. The Hall–Kier alpha value is -2.90. The first kappa shape index (κ1) is 17.5. The van der Waals surface area contributed by atoms with E-state index < -0.39 is 23.6 Å². The molecule has 0 saturated heterocycles. The largest absolute Gasteiger partial charge is 0.418 e. The Labute approximate surface area is 136 Å². The molecule has 0 atom stereocenters. The number of carbonyl (C=O) groups excluding carboxylic acids is 2. The first-order valence-electron chi connectivity index (χ1n) is 6.90. The zero-order valence-corrected chi connectivity index (χ0v) is 12.7. The fraction of sp³-hybridized carbons (Fsp3) is 0.188. The summed E-state index contributed by atoms with van der Waals surface area (Å²) in [4.78, 5) is 28.9. The van der Waals surface area contributed by atoms with E-state index in [1.165, 1.54) is 43.7 Å². The Kier molecular flexibility index (Phi) is 5.18. The monoisotopic (exact) mass is 337 g/mol. The maximum Gasteiger partial charge on any atom is 0.418 e. The third-order valence-corrected chi connectivity index (χ3v) is 3.16. The van der Waals surface area contributed by atoms with Crippen molar-refractivity contribution in [2.45, 2.75) is 6.18 Å². The van der Waals surface area contributed by atoms with Gasteiger partial charge in [0.15, 0.2) is 0 Å². The predicted octanol–water partition coefficient (Wildman–Crippen LogP) is 2.81. The molecule has 2 aromatic rings. The molecule has 126 valence electrons. The number of nitrogens with zero attached hydrogens (tertiary/aromatic N) is 2. The summed E-state index contributed by atoms with van der Waals surface area (Å²) in [5.74, 6) is -1.16. The normalized spacial score (nSPS) is 11.0. The molecule has 8 heteroatoms. The second kappa shape index (κ2) is 7.12. The van der Waals surface area contributed by atoms with Gasteiger partial charge < -0.3 is 10.2 Å². The molecule has 5 nitrogen and oxygen atoms in total. The van der Waals surface area contributed by atoms with Crippen LogP contribution in [-0.2, 0) is 11.0 Å². The van der Waals surface area contributed by atoms with E-state index in [2.05, 4.69) is 10.3 Å². The smallest absolute Gasteiger partial charge is 0.332 e. The van der Waals surface area contributed by atoms with Crippen LogP contribution in [0, 0.1) is 0 Å². The standard InChI is InChI=1S/C16H14F3N3O2/c1-22(15(24)11-6-8-20-9-7-11)10-14(23)21-13-5-3-2-4-12(13)16(17,18)19/h2-9H,10H2,1H3,(H,21,23). The Morgan fingerprint density at radius 2 is 1.75 bits per heavy atom. The number of hydrogen-bond donors (Lipinski definition) is 1. The molecule has 1 aromatic carbocycles. The highest BCUT2D eigenvalue weighted by Gasteiger charge is 2.33. The molecule has 0 unspecified atom stereocenters. The molecule has 0 spiro atoms. The van der Waals surface area contributed by atoms with Crippen molar-refractivity contribution in [2.24, 2.45) is 0 Å². The third-order valence-electron chi connectivity index (χ3n) is 3.16. The van der Waals surface area contributed by atoms with E-state index in [0.29, 0.717) is 5.56 Å². The van der Waals surface area contributed by atoms with Gasteiger partial charge in [0.25, 0.3) is 5.91 Å². The molecule has 24 heavy (non-hydrogen) atoms. The van der Waals surface area contributed by atoms with Gasteiger partial charge in [-0.3, -0.25) is 14.6 Å². The van der Waals surface area contributed by atoms with Crippen molar-refractivity contribution in [3.8, 4) is 0 Å². The lowest BCUT2D eigenvalue weighted by molar-refractivity contribution is -0.137. The summed E-state index contributed by atoms with van der Waals surface area (Å²) in [6, 6.07) is 7.62. The van der Waals surface area contributed by atoms with E-state index in [1.807, 2.05) is 0 Å². The highest BCUT2D eigenvalue weighted by atomic mass is 19.4. The fourth-order valence-electron chi connectivity index (χ4n) is 2.03. The van der Waals surface area contributed by atoms with Crippen LogP contribution in [0.15, 0.2) is 48.8 Å². The lowest BCUT2D eigenvalue weighted by Gasteiger charge is -2.18. The number of halogens is 3. The van der Waals surface area contributed by atoms with Gasteiger partial charge in [-0.05, 0) is 24.3 Å². The van der Waals surface area contributed by atoms with Crippen molar-refractivity contribution in [2.75, 3.05) is 18.9 Å². The van der Waals surface area contributed by atoms with Crippen molar-refractivity contribution in [1.29, 1.82) is 0 Å². The van der Waals surface area contributed by atoms with Gasteiger partial charge in [0.2, 0.25) is 5.91 Å². The minimum absolute atomic E-state index is 0.330. The van der Waals surface area contributed by atoms with Gasteiger partial charge in [-0.2, -0.15) is 13.2 Å². The minimum atomic E-state index is -4.58. The Morgan fingerprint density at radius 3 is 2.38 bits per heavy atom. The maximum atomic E-state index is 12.9. The molecule has 0 aliphatic carbocycles. The van der Waals surface area contributed by atoms with Crippen molar-refractivity contribution in [3.63, 3.8) is 0 Å². The number of amides is 2. The Morgan fingerprint density at radius 1 is 1.12 bits per heavy atom. The molecular weight excluding hydrogens is 323 g/mol. The van der Waals surface area contributed by atoms with E-state index in [9.17, 15) is 22.8 Å². The number of hydrogen-bond acceptors (Lipinski definition) is 3. The molecule has 1 heterocycles. The van der Waals surface area contributed by atoms with E-state index in [1.54, 1.807) is 0 Å². The molecule has 2 rings (SSSR count). The number of aromatic nitrogens is 1. The van der Waals surface area contributed by atoms with Crippen LogP contribution in [0.2, 0.25) is 0 Å². The molecule has 0 aliphatic heterocycles. The van der Waals surface area contributed by atoms with Crippen LogP contribution in [0.4, 0.5) is 18.9 Å². The average molecular weight is 337 g/mol. The molecule has 0 saturated carbocycles. The number of para-hydroxylation sites is 1. The summed E-state index contributed by atoms with van der Waals surface area (Å²) in [7, 11) is 1.39. The number of benzene rings is 1. The molecule has 0 bridgehead atoms. The first-order valence-corrected chi connectivity index (χ1v) is 6.90. The number of rotatable bonds is 4. The topological polar surface area (TPSA) is 62.3 Å². The van der Waals surface area contributed by atoms with Crippen LogP contribution in [0.5, 0.6) is 0 Å². The highest BCUT2D eigenvalue weighted by molar-refractivity contribution is 5.99. The molecule has 0 radical (unpaired) electrons. The predicted molar refractivity (Wildman–Crippen MR) is 81.3 cm³/mol. The van der Waals surface area contributed by atoms with Gasteiger partial charge >= 0.3 is 6.18 Å². The molecule has 1 N–H and O–H groups in total. The van der Waals surface area contributed by atoms with E-state index in [4.69, 9.17) is 0 Å². The van der Waals surface area contributed by atoms with Crippen molar-refractivity contribution < 1.29 is 22.8 Å². The summed E-state index contributed by atoms with van der Waals surface area (Å²) in [5.41, 5.74) is -0.961. The van der Waals surface area contributed by atoms with E-state index in [0.717, 1.165) is 17.0 Å². The van der Waals surface area contributed by atoms with Gasteiger partial charge in [-0.25, -0.2) is 0 Å². The second-order valence-corrected chi connectivity index (χ2v) is 4.99. The fourth-order valence-corrected chi connectivity index (χ4v) is 2.03. The number of likely N-dealkylation sites (N-methyl/N-ethyl adjacent to an activating group) is 1. The van der Waals surface area contributed by atoms with Crippen LogP contribution >= 0.6 is 0 Å². The average Bonchev–Trinajstić information content (AvgIpc) is 2.54. The maximum absolute atomic E-state index is 12.9. The van der Waals surface area contributed by atoms with Crippen molar-refractivity contribution >= 4 is 17.5 Å². The number of nitrogens with one attached hydrogen (secondary N) is 1. The zero-order valence-electron chi connectivity index (χ0n) is 12.7. The van der Waals surface area contributed by atoms with Gasteiger partial charge in [-0.1, -0.05) is 12.1 Å². The first-order chi connectivity index (χ1) is 11.3. The quantitative estimate of drug-likeness (QED) is 0.933. The van der Waals surface area contributed by atoms with Gasteiger partial charge in [0.05, 0.1) is 17.8 Å². The summed E-state index contributed by atoms with van der Waals surface area (Å²) < 4.78 is 38.7. The van der Waals surface area contributed by atoms with E-state index in [-0.39, 0.29) is 12.2 Å². The van der Waals surface area contributed by atoms with Crippen molar-refractivity contribution in [3.05, 3.63) is 59.9 Å². The lowest BCUT2D eigenvalue weighted by atomic mass is 10.1. The van der Waals surface area contributed by atoms with Gasteiger partial charge in [-0.15, -0.1) is 0 Å². The Balaban J connectivity index is 2.05.